The highest BCUT2D eigenvalue weighted by molar-refractivity contribution is 6.00. The van der Waals surface area contributed by atoms with Crippen LogP contribution < -0.4 is 9.64 Å². The summed E-state index contributed by atoms with van der Waals surface area (Å²) in [6, 6.07) is 11.2. The monoisotopic (exact) mass is 346 g/mol. The molecule has 132 valence electrons. The lowest BCUT2D eigenvalue weighted by atomic mass is 10.1. The van der Waals surface area contributed by atoms with Crippen molar-refractivity contribution in [2.45, 2.75) is 18.9 Å². The first-order chi connectivity index (χ1) is 12.7. The number of rotatable bonds is 4. The van der Waals surface area contributed by atoms with Crippen LogP contribution in [-0.4, -0.2) is 34.7 Å². The number of nitrogens with zero attached hydrogens (tertiary/aromatic N) is 3. The Morgan fingerprint density at radius 2 is 2.04 bits per heavy atom. The molecular weight excluding hydrogens is 324 g/mol. The Morgan fingerprint density at radius 1 is 1.19 bits per heavy atom. The topological polar surface area (TPSA) is 46.1 Å². The molecule has 3 aromatic heterocycles. The Labute approximate surface area is 152 Å². The summed E-state index contributed by atoms with van der Waals surface area (Å²) < 4.78 is 7.58. The van der Waals surface area contributed by atoms with Gasteiger partial charge in [0.15, 0.2) is 0 Å². The van der Waals surface area contributed by atoms with Gasteiger partial charge in [-0.15, -0.1) is 0 Å². The summed E-state index contributed by atoms with van der Waals surface area (Å²) in [4.78, 5) is 10.5. The van der Waals surface area contributed by atoms with Crippen LogP contribution in [0.15, 0.2) is 42.7 Å². The summed E-state index contributed by atoms with van der Waals surface area (Å²) in [6.07, 6.45) is 6.61. The van der Waals surface area contributed by atoms with Crippen molar-refractivity contribution in [3.05, 3.63) is 42.7 Å². The number of H-pyrrole nitrogens is 1. The second kappa shape index (κ2) is 5.53. The van der Waals surface area contributed by atoms with Gasteiger partial charge in [-0.3, -0.25) is 0 Å². The number of anilines is 1. The van der Waals surface area contributed by atoms with Crippen LogP contribution in [0, 0.1) is 0 Å². The minimum absolute atomic E-state index is 0.667. The Morgan fingerprint density at radius 3 is 2.81 bits per heavy atom. The number of fused-ring (bicyclic) bond motifs is 2. The number of ether oxygens (including phenoxy) is 1. The van der Waals surface area contributed by atoms with Crippen LogP contribution in [-0.2, 0) is 7.05 Å². The zero-order valence-corrected chi connectivity index (χ0v) is 15.3. The molecule has 1 N–H and O–H groups in total. The van der Waals surface area contributed by atoms with E-state index in [1.165, 1.54) is 40.4 Å². The number of methoxy groups -OCH3 is 1. The van der Waals surface area contributed by atoms with E-state index in [-0.39, 0.29) is 0 Å². The van der Waals surface area contributed by atoms with Crippen molar-refractivity contribution in [3.8, 4) is 17.0 Å². The molecule has 5 rings (SSSR count). The molecule has 0 saturated heterocycles. The molecule has 4 aromatic rings. The molecule has 0 amide bonds. The molecule has 1 fully saturated rings. The van der Waals surface area contributed by atoms with Crippen LogP contribution in [0.5, 0.6) is 5.75 Å². The first-order valence-electron chi connectivity index (χ1n) is 8.99. The lowest BCUT2D eigenvalue weighted by molar-refractivity contribution is 0.415. The predicted octanol–water partition coefficient (Wildman–Crippen LogP) is 4.33. The first kappa shape index (κ1) is 15.3. The number of benzene rings is 1. The molecule has 0 spiro atoms. The summed E-state index contributed by atoms with van der Waals surface area (Å²) in [5.74, 6) is 0.869. The lowest BCUT2D eigenvalue weighted by Crippen LogP contribution is -2.19. The summed E-state index contributed by atoms with van der Waals surface area (Å²) in [7, 11) is 5.96. The maximum atomic E-state index is 5.43. The molecular formula is C21H22N4O. The molecule has 26 heavy (non-hydrogen) atoms. The Hall–Kier alpha value is -2.95. The maximum absolute atomic E-state index is 5.43. The van der Waals surface area contributed by atoms with Gasteiger partial charge in [0.25, 0.3) is 0 Å². The van der Waals surface area contributed by atoms with Gasteiger partial charge in [-0.2, -0.15) is 0 Å². The van der Waals surface area contributed by atoms with Gasteiger partial charge < -0.3 is 19.2 Å². The minimum atomic E-state index is 0.667. The lowest BCUT2D eigenvalue weighted by Gasteiger charge is -2.19. The third-order valence-electron chi connectivity index (χ3n) is 5.47. The van der Waals surface area contributed by atoms with E-state index in [9.17, 15) is 0 Å². The van der Waals surface area contributed by atoms with E-state index >= 15 is 0 Å². The first-order valence-corrected chi connectivity index (χ1v) is 8.99. The molecule has 0 bridgehead atoms. The smallest absolute Gasteiger partial charge is 0.139 e. The number of nitrogens with one attached hydrogen (secondary N) is 1. The number of aromatic nitrogens is 3. The predicted molar refractivity (Wildman–Crippen MR) is 106 cm³/mol. The van der Waals surface area contributed by atoms with Gasteiger partial charge in [-0.25, -0.2) is 4.98 Å². The molecule has 1 aliphatic carbocycles. The fraction of sp³-hybridized carbons (Fsp3) is 0.286. The van der Waals surface area contributed by atoms with Crippen molar-refractivity contribution < 1.29 is 4.74 Å². The molecule has 3 heterocycles. The fourth-order valence-electron chi connectivity index (χ4n) is 3.84. The van der Waals surface area contributed by atoms with Crippen LogP contribution in [0.25, 0.3) is 33.2 Å². The van der Waals surface area contributed by atoms with Crippen molar-refractivity contribution in [2.24, 2.45) is 7.05 Å². The van der Waals surface area contributed by atoms with E-state index in [4.69, 9.17) is 4.74 Å². The van der Waals surface area contributed by atoms with Crippen molar-refractivity contribution in [3.63, 3.8) is 0 Å². The van der Waals surface area contributed by atoms with Gasteiger partial charge in [0, 0.05) is 65.8 Å². The summed E-state index contributed by atoms with van der Waals surface area (Å²) in [6.45, 7) is 0. The van der Waals surface area contributed by atoms with E-state index in [1.54, 1.807) is 7.11 Å². The van der Waals surface area contributed by atoms with Crippen LogP contribution >= 0.6 is 0 Å². The third-order valence-corrected chi connectivity index (χ3v) is 5.47. The van der Waals surface area contributed by atoms with Crippen molar-refractivity contribution in [2.75, 3.05) is 19.1 Å². The molecule has 0 unspecified atom stereocenters. The number of hydrogen-bond acceptors (Lipinski definition) is 3. The SMILES string of the molecule is COc1ccc2c(c1)c(-c1cc3c(N(C)C4CC4)ccnc3[nH]1)cn2C. The molecule has 5 nitrogen and oxygen atoms in total. The van der Waals surface area contributed by atoms with Gasteiger partial charge in [-0.05, 0) is 43.2 Å². The van der Waals surface area contributed by atoms with Gasteiger partial charge >= 0.3 is 0 Å². The number of aromatic amines is 1. The van der Waals surface area contributed by atoms with Crippen molar-refractivity contribution in [1.82, 2.24) is 14.5 Å². The Kier molecular flexibility index (Phi) is 3.26. The van der Waals surface area contributed by atoms with Crippen LogP contribution in [0.2, 0.25) is 0 Å². The van der Waals surface area contributed by atoms with Crippen LogP contribution in [0.1, 0.15) is 12.8 Å². The number of hydrogen-bond donors (Lipinski definition) is 1. The normalized spacial score (nSPS) is 14.3. The van der Waals surface area contributed by atoms with E-state index in [0.29, 0.717) is 6.04 Å². The number of aryl methyl sites for hydroxylation is 1. The van der Waals surface area contributed by atoms with E-state index in [1.807, 2.05) is 12.3 Å². The largest absolute Gasteiger partial charge is 0.497 e. The van der Waals surface area contributed by atoms with Crippen LogP contribution in [0.3, 0.4) is 0 Å². The van der Waals surface area contributed by atoms with Gasteiger partial charge in [-0.1, -0.05) is 0 Å². The van der Waals surface area contributed by atoms with Crippen molar-refractivity contribution in [1.29, 1.82) is 0 Å². The minimum Gasteiger partial charge on any atom is -0.497 e. The molecule has 0 radical (unpaired) electrons. The van der Waals surface area contributed by atoms with Gasteiger partial charge in [0.05, 0.1) is 7.11 Å². The highest BCUT2D eigenvalue weighted by Gasteiger charge is 2.27. The molecule has 1 saturated carbocycles. The molecule has 1 aliphatic rings. The van der Waals surface area contributed by atoms with Crippen molar-refractivity contribution >= 4 is 27.6 Å². The van der Waals surface area contributed by atoms with Gasteiger partial charge in [0.2, 0.25) is 0 Å². The maximum Gasteiger partial charge on any atom is 0.139 e. The zero-order chi connectivity index (χ0) is 17.8. The second-order valence-corrected chi connectivity index (χ2v) is 7.15. The van der Waals surface area contributed by atoms with E-state index < -0.39 is 0 Å². The fourth-order valence-corrected chi connectivity index (χ4v) is 3.84. The van der Waals surface area contributed by atoms with Crippen LogP contribution in [0.4, 0.5) is 5.69 Å². The quantitative estimate of drug-likeness (QED) is 0.598. The van der Waals surface area contributed by atoms with E-state index in [2.05, 4.69) is 64.0 Å². The zero-order valence-electron chi connectivity index (χ0n) is 15.3. The molecule has 0 aliphatic heterocycles. The highest BCUT2D eigenvalue weighted by Crippen LogP contribution is 2.38. The molecule has 0 atom stereocenters. The highest BCUT2D eigenvalue weighted by atomic mass is 16.5. The molecule has 1 aromatic carbocycles. The summed E-state index contributed by atoms with van der Waals surface area (Å²) >= 11 is 0. The number of pyridine rings is 1. The van der Waals surface area contributed by atoms with E-state index in [0.717, 1.165) is 17.1 Å². The third kappa shape index (κ3) is 2.27. The Balaban J connectivity index is 1.70. The average molecular weight is 346 g/mol. The second-order valence-electron chi connectivity index (χ2n) is 7.15. The average Bonchev–Trinajstić information content (AvgIpc) is 3.34. The summed E-state index contributed by atoms with van der Waals surface area (Å²) in [5.41, 5.74) is 5.62. The Bertz CT molecular complexity index is 1120. The molecule has 5 heteroatoms. The standard InChI is InChI=1S/C21H22N4O/c1-24-12-17(15-10-14(26-3)6-7-19(15)24)18-11-16-20(25(2)13-4-5-13)8-9-22-21(16)23-18/h6-13H,4-5H2,1-3H3,(H,22,23). The van der Waals surface area contributed by atoms with Gasteiger partial charge in [0.1, 0.15) is 11.4 Å². The summed E-state index contributed by atoms with van der Waals surface area (Å²) in [5, 5.41) is 2.35.